The van der Waals surface area contributed by atoms with E-state index >= 15 is 0 Å². The monoisotopic (exact) mass is 415 g/mol. The molecule has 0 aliphatic carbocycles. The molecule has 1 N–H and O–H groups in total. The van der Waals surface area contributed by atoms with Crippen LogP contribution in [0.1, 0.15) is 45.6 Å². The zero-order valence-corrected chi connectivity index (χ0v) is 18.9. The molecule has 0 spiro atoms. The molecule has 0 saturated carbocycles. The van der Waals surface area contributed by atoms with Gasteiger partial charge in [-0.2, -0.15) is 0 Å². The van der Waals surface area contributed by atoms with Crippen LogP contribution in [0.15, 0.2) is 24.3 Å². The zero-order chi connectivity index (χ0) is 21.7. The van der Waals surface area contributed by atoms with Crippen molar-refractivity contribution in [1.82, 2.24) is 15.1 Å². The molecule has 2 fully saturated rings. The smallest absolute Gasteiger partial charge is 0.225 e. The van der Waals surface area contributed by atoms with E-state index < -0.39 is 0 Å². The Balaban J connectivity index is 1.46. The van der Waals surface area contributed by atoms with Gasteiger partial charge in [-0.25, -0.2) is 0 Å². The van der Waals surface area contributed by atoms with Crippen LogP contribution in [-0.4, -0.2) is 67.0 Å². The van der Waals surface area contributed by atoms with Gasteiger partial charge < -0.3 is 19.9 Å². The van der Waals surface area contributed by atoms with Crippen molar-refractivity contribution in [2.24, 2.45) is 11.8 Å². The summed E-state index contributed by atoms with van der Waals surface area (Å²) in [6, 6.07) is 7.91. The highest BCUT2D eigenvalue weighted by molar-refractivity contribution is 5.89. The van der Waals surface area contributed by atoms with E-state index in [1.807, 2.05) is 29.2 Å². The second kappa shape index (κ2) is 9.82. The Morgan fingerprint density at radius 3 is 2.50 bits per heavy atom. The van der Waals surface area contributed by atoms with Gasteiger partial charge in [0.1, 0.15) is 5.75 Å². The van der Waals surface area contributed by atoms with Gasteiger partial charge >= 0.3 is 0 Å². The number of benzene rings is 1. The van der Waals surface area contributed by atoms with Crippen molar-refractivity contribution in [2.75, 3.05) is 39.8 Å². The maximum Gasteiger partial charge on any atom is 0.225 e. The van der Waals surface area contributed by atoms with E-state index in [1.54, 1.807) is 7.11 Å². The first-order valence-corrected chi connectivity index (χ1v) is 11.2. The maximum absolute atomic E-state index is 12.9. The summed E-state index contributed by atoms with van der Waals surface area (Å²) in [4.78, 5) is 29.6. The number of amides is 2. The number of carbonyl (C=O) groups is 2. The van der Waals surface area contributed by atoms with E-state index in [9.17, 15) is 9.59 Å². The summed E-state index contributed by atoms with van der Waals surface area (Å²) in [7, 11) is 1.65. The first kappa shape index (κ1) is 22.6. The molecule has 3 rings (SSSR count). The van der Waals surface area contributed by atoms with E-state index in [0.29, 0.717) is 19.5 Å². The van der Waals surface area contributed by atoms with Crippen LogP contribution < -0.4 is 10.1 Å². The van der Waals surface area contributed by atoms with Gasteiger partial charge in [0.25, 0.3) is 0 Å². The lowest BCUT2D eigenvalue weighted by atomic mass is 9.96. The van der Waals surface area contributed by atoms with Gasteiger partial charge in [-0.15, -0.1) is 0 Å². The molecule has 6 nitrogen and oxygen atoms in total. The number of carbonyl (C=O) groups excluding carboxylic acids is 2. The average Bonchev–Trinajstić information content (AvgIpc) is 3.09. The van der Waals surface area contributed by atoms with Crippen molar-refractivity contribution in [2.45, 2.75) is 52.0 Å². The maximum atomic E-state index is 12.9. The summed E-state index contributed by atoms with van der Waals surface area (Å²) >= 11 is 0. The minimum absolute atomic E-state index is 0.00525. The standard InChI is InChI=1S/C24H37N3O3/c1-18-9-12-26(13-10-18)17-24(2,3)25-23(29)20-15-22(28)27(16-20)14-11-19-5-7-21(30-4)8-6-19/h5-8,18,20H,9-17H2,1-4H3,(H,25,29). The second-order valence-electron chi connectivity index (χ2n) is 9.67. The highest BCUT2D eigenvalue weighted by Crippen LogP contribution is 2.22. The molecule has 30 heavy (non-hydrogen) atoms. The number of methoxy groups -OCH3 is 1. The number of rotatable bonds is 8. The van der Waals surface area contributed by atoms with E-state index in [0.717, 1.165) is 43.3 Å². The van der Waals surface area contributed by atoms with Crippen molar-refractivity contribution in [3.8, 4) is 5.75 Å². The first-order valence-electron chi connectivity index (χ1n) is 11.2. The summed E-state index contributed by atoms with van der Waals surface area (Å²) < 4.78 is 5.18. The van der Waals surface area contributed by atoms with Crippen molar-refractivity contribution < 1.29 is 14.3 Å². The van der Waals surface area contributed by atoms with Crippen LogP contribution in [0.3, 0.4) is 0 Å². The second-order valence-corrected chi connectivity index (χ2v) is 9.67. The number of likely N-dealkylation sites (tertiary alicyclic amines) is 2. The highest BCUT2D eigenvalue weighted by atomic mass is 16.5. The van der Waals surface area contributed by atoms with Crippen LogP contribution in [-0.2, 0) is 16.0 Å². The van der Waals surface area contributed by atoms with Crippen LogP contribution in [0.2, 0.25) is 0 Å². The van der Waals surface area contributed by atoms with Crippen LogP contribution in [0.25, 0.3) is 0 Å². The Hall–Kier alpha value is -2.08. The fourth-order valence-corrected chi connectivity index (χ4v) is 4.47. The molecule has 2 saturated heterocycles. The fourth-order valence-electron chi connectivity index (χ4n) is 4.47. The summed E-state index contributed by atoms with van der Waals surface area (Å²) in [6.45, 7) is 10.7. The lowest BCUT2D eigenvalue weighted by Crippen LogP contribution is -2.54. The molecule has 1 aromatic carbocycles. The Morgan fingerprint density at radius 1 is 1.20 bits per heavy atom. The summed E-state index contributed by atoms with van der Waals surface area (Å²) in [6.07, 6.45) is 3.54. The number of ether oxygens (including phenoxy) is 1. The number of nitrogens with zero attached hydrogens (tertiary/aromatic N) is 2. The zero-order valence-electron chi connectivity index (χ0n) is 18.9. The predicted octanol–water partition coefficient (Wildman–Crippen LogP) is 2.71. The summed E-state index contributed by atoms with van der Waals surface area (Å²) in [5.41, 5.74) is 0.866. The van der Waals surface area contributed by atoms with Gasteiger partial charge in [0.2, 0.25) is 11.8 Å². The number of piperidine rings is 1. The molecule has 2 aliphatic heterocycles. The van der Waals surface area contributed by atoms with E-state index in [4.69, 9.17) is 4.74 Å². The molecule has 2 heterocycles. The third kappa shape index (κ3) is 6.21. The van der Waals surface area contributed by atoms with Gasteiger partial charge in [-0.05, 0) is 69.8 Å². The summed E-state index contributed by atoms with van der Waals surface area (Å²) in [5, 5.41) is 3.21. The van der Waals surface area contributed by atoms with Crippen molar-refractivity contribution >= 4 is 11.8 Å². The number of nitrogens with one attached hydrogen (secondary N) is 1. The molecule has 0 radical (unpaired) electrons. The molecule has 6 heteroatoms. The Morgan fingerprint density at radius 2 is 1.87 bits per heavy atom. The molecule has 0 bridgehead atoms. The normalized spacial score (nSPS) is 21.1. The molecule has 1 atom stereocenters. The molecule has 1 unspecified atom stereocenters. The van der Waals surface area contributed by atoms with Crippen molar-refractivity contribution in [1.29, 1.82) is 0 Å². The molecule has 0 aromatic heterocycles. The van der Waals surface area contributed by atoms with Gasteiger partial charge in [0.15, 0.2) is 0 Å². The topological polar surface area (TPSA) is 61.9 Å². The number of hydrogen-bond donors (Lipinski definition) is 1. The van der Waals surface area contributed by atoms with Gasteiger partial charge in [-0.1, -0.05) is 19.1 Å². The first-order chi connectivity index (χ1) is 14.3. The number of hydrogen-bond acceptors (Lipinski definition) is 4. The third-order valence-corrected chi connectivity index (χ3v) is 6.37. The molecule has 1 aromatic rings. The van der Waals surface area contributed by atoms with Gasteiger partial charge in [0.05, 0.1) is 13.0 Å². The summed E-state index contributed by atoms with van der Waals surface area (Å²) in [5.74, 6) is 1.45. The molecule has 166 valence electrons. The van der Waals surface area contributed by atoms with Crippen LogP contribution >= 0.6 is 0 Å². The minimum atomic E-state index is -0.294. The predicted molar refractivity (Wildman–Crippen MR) is 118 cm³/mol. The minimum Gasteiger partial charge on any atom is -0.497 e. The van der Waals surface area contributed by atoms with Crippen LogP contribution in [0.5, 0.6) is 5.75 Å². The van der Waals surface area contributed by atoms with E-state index in [2.05, 4.69) is 31.0 Å². The fraction of sp³-hybridized carbons (Fsp3) is 0.667. The largest absolute Gasteiger partial charge is 0.497 e. The van der Waals surface area contributed by atoms with E-state index in [-0.39, 0.29) is 23.3 Å². The van der Waals surface area contributed by atoms with E-state index in [1.165, 1.54) is 12.8 Å². The molecular weight excluding hydrogens is 378 g/mol. The van der Waals surface area contributed by atoms with Crippen LogP contribution in [0.4, 0.5) is 0 Å². The highest BCUT2D eigenvalue weighted by Gasteiger charge is 2.36. The molecule has 2 aliphatic rings. The SMILES string of the molecule is COc1ccc(CCN2CC(C(=O)NC(C)(C)CN3CCC(C)CC3)CC2=O)cc1. The quantitative estimate of drug-likeness (QED) is 0.709. The third-order valence-electron chi connectivity index (χ3n) is 6.37. The lowest BCUT2D eigenvalue weighted by Gasteiger charge is -2.37. The Bertz CT molecular complexity index is 724. The average molecular weight is 416 g/mol. The molecular formula is C24H37N3O3. The lowest BCUT2D eigenvalue weighted by molar-refractivity contribution is -0.129. The Labute approximate surface area is 180 Å². The Kier molecular flexibility index (Phi) is 7.40. The molecule has 2 amide bonds. The van der Waals surface area contributed by atoms with Crippen molar-refractivity contribution in [3.63, 3.8) is 0 Å². The van der Waals surface area contributed by atoms with Gasteiger partial charge in [-0.3, -0.25) is 9.59 Å². The van der Waals surface area contributed by atoms with Gasteiger partial charge in [0, 0.05) is 31.6 Å². The van der Waals surface area contributed by atoms with Crippen molar-refractivity contribution in [3.05, 3.63) is 29.8 Å². The van der Waals surface area contributed by atoms with Crippen LogP contribution in [0, 0.1) is 11.8 Å².